The minimum absolute atomic E-state index is 0.345. The standard InChI is InChI=1S/C13H18BrN/c1-13(2,3)10-7-8-15-12-9(10)5-4-6-11(12)14/h4-6,10,15H,7-8H2,1-3H3. The summed E-state index contributed by atoms with van der Waals surface area (Å²) in [5, 5.41) is 3.49. The van der Waals surface area contributed by atoms with Crippen molar-refractivity contribution < 1.29 is 0 Å². The van der Waals surface area contributed by atoms with Gasteiger partial charge in [-0.15, -0.1) is 0 Å². The van der Waals surface area contributed by atoms with Crippen molar-refractivity contribution in [3.63, 3.8) is 0 Å². The number of para-hydroxylation sites is 1. The number of fused-ring (bicyclic) bond motifs is 1. The minimum atomic E-state index is 0.345. The zero-order chi connectivity index (χ0) is 11.1. The molecule has 0 amide bonds. The van der Waals surface area contributed by atoms with Gasteiger partial charge in [-0.25, -0.2) is 0 Å². The summed E-state index contributed by atoms with van der Waals surface area (Å²) in [7, 11) is 0. The number of rotatable bonds is 0. The van der Waals surface area contributed by atoms with Crippen LogP contribution in [0, 0.1) is 5.41 Å². The Labute approximate surface area is 100 Å². The molecule has 0 aromatic heterocycles. The van der Waals surface area contributed by atoms with E-state index in [2.05, 4.69) is 60.2 Å². The molecule has 82 valence electrons. The highest BCUT2D eigenvalue weighted by Crippen LogP contribution is 2.45. The summed E-state index contributed by atoms with van der Waals surface area (Å²) in [5.74, 6) is 0.659. The van der Waals surface area contributed by atoms with E-state index >= 15 is 0 Å². The van der Waals surface area contributed by atoms with Crippen LogP contribution >= 0.6 is 15.9 Å². The molecule has 15 heavy (non-hydrogen) atoms. The first-order valence-electron chi connectivity index (χ1n) is 5.52. The van der Waals surface area contributed by atoms with Crippen LogP contribution in [0.25, 0.3) is 0 Å². The van der Waals surface area contributed by atoms with Gasteiger partial charge >= 0.3 is 0 Å². The number of nitrogens with one attached hydrogen (secondary N) is 1. The molecule has 1 nitrogen and oxygen atoms in total. The fraction of sp³-hybridized carbons (Fsp3) is 0.538. The van der Waals surface area contributed by atoms with Crippen LogP contribution in [-0.2, 0) is 0 Å². The molecule has 0 saturated carbocycles. The van der Waals surface area contributed by atoms with Crippen LogP contribution < -0.4 is 5.32 Å². The molecule has 0 radical (unpaired) electrons. The van der Waals surface area contributed by atoms with Gasteiger partial charge in [0, 0.05) is 11.0 Å². The van der Waals surface area contributed by atoms with Gasteiger partial charge in [0.15, 0.2) is 0 Å². The summed E-state index contributed by atoms with van der Waals surface area (Å²) in [6, 6.07) is 6.49. The summed E-state index contributed by atoms with van der Waals surface area (Å²) < 4.78 is 1.19. The van der Waals surface area contributed by atoms with Gasteiger partial charge in [0.1, 0.15) is 0 Å². The second-order valence-electron chi connectivity index (χ2n) is 5.34. The maximum absolute atomic E-state index is 3.61. The highest BCUT2D eigenvalue weighted by molar-refractivity contribution is 9.10. The highest BCUT2D eigenvalue weighted by atomic mass is 79.9. The average Bonchev–Trinajstić information content (AvgIpc) is 2.16. The Hall–Kier alpha value is -0.500. The number of halogens is 1. The van der Waals surface area contributed by atoms with E-state index in [0.29, 0.717) is 11.3 Å². The number of anilines is 1. The zero-order valence-electron chi connectivity index (χ0n) is 9.60. The van der Waals surface area contributed by atoms with Crippen LogP contribution in [0.4, 0.5) is 5.69 Å². The second kappa shape index (κ2) is 3.82. The van der Waals surface area contributed by atoms with Crippen LogP contribution in [0.1, 0.15) is 38.7 Å². The Morgan fingerprint density at radius 3 is 2.73 bits per heavy atom. The molecule has 0 saturated heterocycles. The number of benzene rings is 1. The molecule has 0 fully saturated rings. The minimum Gasteiger partial charge on any atom is -0.384 e. The third-order valence-corrected chi connectivity index (χ3v) is 3.86. The predicted molar refractivity (Wildman–Crippen MR) is 69.4 cm³/mol. The van der Waals surface area contributed by atoms with Gasteiger partial charge in [0.05, 0.1) is 5.69 Å². The molecule has 1 heterocycles. The van der Waals surface area contributed by atoms with E-state index < -0.39 is 0 Å². The van der Waals surface area contributed by atoms with Gasteiger partial charge < -0.3 is 5.32 Å². The van der Waals surface area contributed by atoms with Crippen molar-refractivity contribution in [2.75, 3.05) is 11.9 Å². The molecule has 0 aliphatic carbocycles. The largest absolute Gasteiger partial charge is 0.384 e. The second-order valence-corrected chi connectivity index (χ2v) is 6.19. The maximum atomic E-state index is 3.61. The van der Waals surface area contributed by atoms with Gasteiger partial charge in [-0.1, -0.05) is 32.9 Å². The van der Waals surface area contributed by atoms with Gasteiger partial charge in [-0.2, -0.15) is 0 Å². The molecule has 1 aliphatic rings. The first-order chi connectivity index (χ1) is 7.00. The molecular weight excluding hydrogens is 250 g/mol. The normalized spacial score (nSPS) is 20.7. The Bertz CT molecular complexity index is 365. The first-order valence-corrected chi connectivity index (χ1v) is 6.32. The van der Waals surface area contributed by atoms with Crippen LogP contribution in [0.2, 0.25) is 0 Å². The monoisotopic (exact) mass is 267 g/mol. The van der Waals surface area contributed by atoms with Gasteiger partial charge in [0.2, 0.25) is 0 Å². The fourth-order valence-electron chi connectivity index (χ4n) is 2.41. The fourth-order valence-corrected chi connectivity index (χ4v) is 2.94. The van der Waals surface area contributed by atoms with E-state index in [0.717, 1.165) is 6.54 Å². The van der Waals surface area contributed by atoms with E-state index in [4.69, 9.17) is 0 Å². The molecule has 1 aliphatic heterocycles. The Kier molecular flexibility index (Phi) is 2.80. The molecule has 2 rings (SSSR count). The SMILES string of the molecule is CC(C)(C)C1CCNc2c(Br)cccc21. The van der Waals surface area contributed by atoms with E-state index in [1.54, 1.807) is 0 Å². The third kappa shape index (κ3) is 2.05. The number of hydrogen-bond acceptors (Lipinski definition) is 1. The van der Waals surface area contributed by atoms with Gasteiger partial charge in [0.25, 0.3) is 0 Å². The zero-order valence-corrected chi connectivity index (χ0v) is 11.2. The Balaban J connectivity index is 2.48. The predicted octanol–water partition coefficient (Wildman–Crippen LogP) is 4.39. The maximum Gasteiger partial charge on any atom is 0.0520 e. The molecule has 2 heteroatoms. The molecule has 1 N–H and O–H groups in total. The molecule has 1 unspecified atom stereocenters. The van der Waals surface area contributed by atoms with E-state index in [1.807, 2.05) is 0 Å². The molecule has 1 aromatic rings. The number of hydrogen-bond donors (Lipinski definition) is 1. The van der Waals surface area contributed by atoms with Crippen LogP contribution in [0.15, 0.2) is 22.7 Å². The van der Waals surface area contributed by atoms with Crippen LogP contribution in [-0.4, -0.2) is 6.54 Å². The summed E-state index contributed by atoms with van der Waals surface area (Å²) in [4.78, 5) is 0. The van der Waals surface area contributed by atoms with Crippen molar-refractivity contribution >= 4 is 21.6 Å². The topological polar surface area (TPSA) is 12.0 Å². The van der Waals surface area contributed by atoms with E-state index in [-0.39, 0.29) is 0 Å². The highest BCUT2D eigenvalue weighted by Gasteiger charge is 2.30. The first kappa shape index (κ1) is 11.0. The van der Waals surface area contributed by atoms with Crippen molar-refractivity contribution in [3.8, 4) is 0 Å². The third-order valence-electron chi connectivity index (χ3n) is 3.20. The molecule has 1 atom stereocenters. The summed E-state index contributed by atoms with van der Waals surface area (Å²) in [6.45, 7) is 8.06. The van der Waals surface area contributed by atoms with Gasteiger partial charge in [-0.05, 0) is 45.3 Å². The van der Waals surface area contributed by atoms with Crippen molar-refractivity contribution in [1.82, 2.24) is 0 Å². The molecular formula is C13H18BrN. The van der Waals surface area contributed by atoms with Crippen molar-refractivity contribution in [3.05, 3.63) is 28.2 Å². The average molecular weight is 268 g/mol. The molecule has 1 aromatic carbocycles. The summed E-state index contributed by atoms with van der Waals surface area (Å²) in [6.07, 6.45) is 1.23. The van der Waals surface area contributed by atoms with Crippen LogP contribution in [0.3, 0.4) is 0 Å². The smallest absolute Gasteiger partial charge is 0.0520 e. The lowest BCUT2D eigenvalue weighted by molar-refractivity contribution is 0.305. The van der Waals surface area contributed by atoms with Crippen molar-refractivity contribution in [2.24, 2.45) is 5.41 Å². The lowest BCUT2D eigenvalue weighted by Gasteiger charge is -2.36. The summed E-state index contributed by atoms with van der Waals surface area (Å²) >= 11 is 3.61. The quantitative estimate of drug-likeness (QED) is 0.735. The van der Waals surface area contributed by atoms with Crippen molar-refractivity contribution in [1.29, 1.82) is 0 Å². The Morgan fingerprint density at radius 1 is 1.33 bits per heavy atom. The van der Waals surface area contributed by atoms with Crippen LogP contribution in [0.5, 0.6) is 0 Å². The Morgan fingerprint density at radius 2 is 2.07 bits per heavy atom. The molecule has 0 bridgehead atoms. The van der Waals surface area contributed by atoms with E-state index in [9.17, 15) is 0 Å². The lowest BCUT2D eigenvalue weighted by atomic mass is 9.73. The van der Waals surface area contributed by atoms with Gasteiger partial charge in [-0.3, -0.25) is 0 Å². The molecule has 0 spiro atoms. The lowest BCUT2D eigenvalue weighted by Crippen LogP contribution is -2.26. The van der Waals surface area contributed by atoms with Crippen molar-refractivity contribution in [2.45, 2.75) is 33.1 Å². The van der Waals surface area contributed by atoms with E-state index in [1.165, 1.54) is 22.1 Å². The summed E-state index contributed by atoms with van der Waals surface area (Å²) in [5.41, 5.74) is 3.10.